The molecule has 2 N–H and O–H groups in total. The molecule has 0 bridgehead atoms. The molecule has 0 saturated heterocycles. The van der Waals surface area contributed by atoms with Crippen LogP contribution in [-0.2, 0) is 6.42 Å². The lowest BCUT2D eigenvalue weighted by atomic mass is 10.1. The van der Waals surface area contributed by atoms with E-state index in [0.29, 0.717) is 0 Å². The van der Waals surface area contributed by atoms with E-state index in [1.54, 1.807) is 6.33 Å². The molecule has 0 atom stereocenters. The maximum Gasteiger partial charge on any atom is 0.139 e. The second-order valence-corrected chi connectivity index (χ2v) is 5.40. The maximum absolute atomic E-state index is 4.39. The zero-order chi connectivity index (χ0) is 14.5. The minimum Gasteiger partial charge on any atom is -0.373 e. The summed E-state index contributed by atoms with van der Waals surface area (Å²) in [7, 11) is 1.88. The SMILES string of the molecule is CCCc1c(NC)ncnc1Nc1cccc(C)c1Br. The third-order valence-corrected chi connectivity index (χ3v) is 4.18. The van der Waals surface area contributed by atoms with Gasteiger partial charge in [0.05, 0.1) is 5.69 Å². The van der Waals surface area contributed by atoms with Gasteiger partial charge in [0.25, 0.3) is 0 Å². The van der Waals surface area contributed by atoms with Gasteiger partial charge >= 0.3 is 0 Å². The van der Waals surface area contributed by atoms with Crippen LogP contribution >= 0.6 is 15.9 Å². The lowest BCUT2D eigenvalue weighted by molar-refractivity contribution is 0.905. The number of aryl methyl sites for hydroxylation is 1. The summed E-state index contributed by atoms with van der Waals surface area (Å²) < 4.78 is 1.06. The summed E-state index contributed by atoms with van der Waals surface area (Å²) in [6.45, 7) is 4.22. The molecular formula is C15H19BrN4. The first-order chi connectivity index (χ1) is 9.67. The molecule has 0 aliphatic rings. The third kappa shape index (κ3) is 3.10. The van der Waals surface area contributed by atoms with Crippen molar-refractivity contribution in [2.45, 2.75) is 26.7 Å². The van der Waals surface area contributed by atoms with Crippen LogP contribution in [0, 0.1) is 6.92 Å². The Bertz CT molecular complexity index is 598. The van der Waals surface area contributed by atoms with E-state index in [1.807, 2.05) is 19.2 Å². The van der Waals surface area contributed by atoms with Crippen molar-refractivity contribution in [2.24, 2.45) is 0 Å². The predicted molar refractivity (Wildman–Crippen MR) is 87.7 cm³/mol. The molecule has 106 valence electrons. The first-order valence-corrected chi connectivity index (χ1v) is 7.50. The molecule has 4 nitrogen and oxygen atoms in total. The fourth-order valence-corrected chi connectivity index (χ4v) is 2.46. The number of rotatable bonds is 5. The second kappa shape index (κ2) is 6.70. The monoisotopic (exact) mass is 334 g/mol. The molecule has 1 heterocycles. The zero-order valence-corrected chi connectivity index (χ0v) is 13.6. The minimum atomic E-state index is 0.859. The van der Waals surface area contributed by atoms with Crippen LogP contribution < -0.4 is 10.6 Å². The smallest absolute Gasteiger partial charge is 0.139 e. The molecule has 1 aromatic heterocycles. The van der Waals surface area contributed by atoms with Gasteiger partial charge in [-0.1, -0.05) is 25.5 Å². The number of anilines is 3. The van der Waals surface area contributed by atoms with Crippen LogP contribution in [0.1, 0.15) is 24.5 Å². The highest BCUT2D eigenvalue weighted by Gasteiger charge is 2.11. The van der Waals surface area contributed by atoms with Crippen molar-refractivity contribution in [3.63, 3.8) is 0 Å². The van der Waals surface area contributed by atoms with Gasteiger partial charge in [-0.15, -0.1) is 0 Å². The highest BCUT2D eigenvalue weighted by molar-refractivity contribution is 9.10. The van der Waals surface area contributed by atoms with Crippen molar-refractivity contribution in [1.82, 2.24) is 9.97 Å². The fourth-order valence-electron chi connectivity index (χ4n) is 2.09. The van der Waals surface area contributed by atoms with Gasteiger partial charge in [-0.3, -0.25) is 0 Å². The summed E-state index contributed by atoms with van der Waals surface area (Å²) in [5, 5.41) is 6.53. The van der Waals surface area contributed by atoms with Crippen LogP contribution in [0.5, 0.6) is 0 Å². The first-order valence-electron chi connectivity index (χ1n) is 6.71. The van der Waals surface area contributed by atoms with Crippen molar-refractivity contribution in [3.05, 3.63) is 40.1 Å². The molecule has 2 aromatic rings. The van der Waals surface area contributed by atoms with Crippen molar-refractivity contribution in [2.75, 3.05) is 17.7 Å². The summed E-state index contributed by atoms with van der Waals surface area (Å²) in [5.41, 5.74) is 3.32. The van der Waals surface area contributed by atoms with Crippen LogP contribution in [-0.4, -0.2) is 17.0 Å². The zero-order valence-electron chi connectivity index (χ0n) is 12.0. The van der Waals surface area contributed by atoms with Gasteiger partial charge in [0.2, 0.25) is 0 Å². The van der Waals surface area contributed by atoms with Gasteiger partial charge < -0.3 is 10.6 Å². The van der Waals surface area contributed by atoms with Gasteiger partial charge in [-0.05, 0) is 40.9 Å². The lowest BCUT2D eigenvalue weighted by Gasteiger charge is -2.15. The Morgan fingerprint density at radius 3 is 2.65 bits per heavy atom. The molecular weight excluding hydrogens is 316 g/mol. The normalized spacial score (nSPS) is 10.4. The molecule has 0 saturated carbocycles. The quantitative estimate of drug-likeness (QED) is 0.856. The number of nitrogens with one attached hydrogen (secondary N) is 2. The number of hydrogen-bond donors (Lipinski definition) is 2. The number of hydrogen-bond acceptors (Lipinski definition) is 4. The molecule has 20 heavy (non-hydrogen) atoms. The summed E-state index contributed by atoms with van der Waals surface area (Å²) >= 11 is 3.62. The van der Waals surface area contributed by atoms with E-state index in [9.17, 15) is 0 Å². The summed E-state index contributed by atoms with van der Waals surface area (Å²) in [5.74, 6) is 1.74. The molecule has 0 aliphatic carbocycles. The molecule has 2 rings (SSSR count). The van der Waals surface area contributed by atoms with Crippen molar-refractivity contribution in [3.8, 4) is 0 Å². The number of benzene rings is 1. The highest BCUT2D eigenvalue weighted by atomic mass is 79.9. The van der Waals surface area contributed by atoms with Gasteiger partial charge in [-0.25, -0.2) is 9.97 Å². The second-order valence-electron chi connectivity index (χ2n) is 4.61. The van der Waals surface area contributed by atoms with E-state index in [0.717, 1.165) is 40.2 Å². The lowest BCUT2D eigenvalue weighted by Crippen LogP contribution is -2.06. The molecule has 0 amide bonds. The van der Waals surface area contributed by atoms with Crippen LogP contribution in [0.25, 0.3) is 0 Å². The molecule has 0 aliphatic heterocycles. The Morgan fingerprint density at radius 1 is 1.20 bits per heavy atom. The van der Waals surface area contributed by atoms with Gasteiger partial charge in [0, 0.05) is 17.1 Å². The first kappa shape index (κ1) is 14.8. The fraction of sp³-hybridized carbons (Fsp3) is 0.333. The van der Waals surface area contributed by atoms with E-state index < -0.39 is 0 Å². The Balaban J connectivity index is 2.40. The third-order valence-electron chi connectivity index (χ3n) is 3.13. The van der Waals surface area contributed by atoms with E-state index in [-0.39, 0.29) is 0 Å². The van der Waals surface area contributed by atoms with Gasteiger partial charge in [-0.2, -0.15) is 0 Å². The Kier molecular flexibility index (Phi) is 4.95. The van der Waals surface area contributed by atoms with Crippen LogP contribution in [0.15, 0.2) is 29.0 Å². The maximum atomic E-state index is 4.39. The van der Waals surface area contributed by atoms with Crippen molar-refractivity contribution < 1.29 is 0 Å². The van der Waals surface area contributed by atoms with Crippen LogP contribution in [0.2, 0.25) is 0 Å². The van der Waals surface area contributed by atoms with Crippen molar-refractivity contribution in [1.29, 1.82) is 0 Å². The van der Waals surface area contributed by atoms with Gasteiger partial charge in [0.15, 0.2) is 0 Å². The number of aromatic nitrogens is 2. The molecule has 0 unspecified atom stereocenters. The van der Waals surface area contributed by atoms with Gasteiger partial charge in [0.1, 0.15) is 18.0 Å². The summed E-state index contributed by atoms with van der Waals surface area (Å²) in [6.07, 6.45) is 3.56. The van der Waals surface area contributed by atoms with Crippen molar-refractivity contribution >= 4 is 33.3 Å². The van der Waals surface area contributed by atoms with Crippen LogP contribution in [0.4, 0.5) is 17.3 Å². The standard InChI is InChI=1S/C15H19BrN4/c1-4-6-11-14(17-3)18-9-19-15(11)20-12-8-5-7-10(2)13(12)16/h5,7-9H,4,6H2,1-3H3,(H2,17,18,19,20). The molecule has 0 spiro atoms. The van der Waals surface area contributed by atoms with Crippen LogP contribution in [0.3, 0.4) is 0 Å². The average Bonchev–Trinajstić information content (AvgIpc) is 2.46. The van der Waals surface area contributed by atoms with E-state index in [1.165, 1.54) is 5.56 Å². The molecule has 1 aromatic carbocycles. The van der Waals surface area contributed by atoms with E-state index in [4.69, 9.17) is 0 Å². The summed E-state index contributed by atoms with van der Waals surface area (Å²) in [6, 6.07) is 6.14. The largest absolute Gasteiger partial charge is 0.373 e. The molecule has 5 heteroatoms. The number of nitrogens with zero attached hydrogens (tertiary/aromatic N) is 2. The minimum absolute atomic E-state index is 0.859. The topological polar surface area (TPSA) is 49.8 Å². The summed E-state index contributed by atoms with van der Waals surface area (Å²) in [4.78, 5) is 8.67. The molecule has 0 radical (unpaired) electrons. The average molecular weight is 335 g/mol. The Morgan fingerprint density at radius 2 is 1.95 bits per heavy atom. The Hall–Kier alpha value is -1.62. The van der Waals surface area contributed by atoms with E-state index in [2.05, 4.69) is 56.4 Å². The number of halogens is 1. The molecule has 0 fully saturated rings. The Labute approximate surface area is 128 Å². The van der Waals surface area contributed by atoms with E-state index >= 15 is 0 Å². The predicted octanol–water partition coefficient (Wildman–Crippen LogP) is 4.29. The highest BCUT2D eigenvalue weighted by Crippen LogP contribution is 2.30.